The van der Waals surface area contributed by atoms with Gasteiger partial charge < -0.3 is 25.4 Å². The number of carbonyl (C=O) groups excluding carboxylic acids is 2. The number of hydrogen-bond acceptors (Lipinski definition) is 8. The molecule has 0 saturated carbocycles. The Kier molecular flexibility index (Phi) is 11.8. The number of piperidine rings is 1. The van der Waals surface area contributed by atoms with E-state index in [0.29, 0.717) is 73.5 Å². The smallest absolute Gasteiger partial charge is 0.260 e. The Morgan fingerprint density at radius 2 is 1.74 bits per heavy atom. The van der Waals surface area contributed by atoms with Gasteiger partial charge in [-0.25, -0.2) is 13.4 Å². The zero-order chi connectivity index (χ0) is 37.9. The van der Waals surface area contributed by atoms with Gasteiger partial charge in [0.15, 0.2) is 6.61 Å². The van der Waals surface area contributed by atoms with E-state index in [1.54, 1.807) is 35.2 Å². The van der Waals surface area contributed by atoms with Gasteiger partial charge in [0, 0.05) is 53.4 Å². The van der Waals surface area contributed by atoms with E-state index in [2.05, 4.69) is 10.3 Å². The zero-order valence-electron chi connectivity index (χ0n) is 29.5. The summed E-state index contributed by atoms with van der Waals surface area (Å²) in [6, 6.07) is 16.2. The molecule has 0 aliphatic carbocycles. The SMILES string of the molecule is Cc1cc(C)c2cccc(OCc3c(Cl)ccc(S(=O)(=O)N4CCC[C@H]4C(=O)NCC4CCN(C(=O)COc5ccc(C(=N)N)cc5)CC4)c3Cl)c2n1. The summed E-state index contributed by atoms with van der Waals surface area (Å²) in [5.41, 5.74) is 8.96. The number of ether oxygens (including phenoxy) is 2. The van der Waals surface area contributed by atoms with E-state index in [4.69, 9.17) is 43.8 Å². The lowest BCUT2D eigenvalue weighted by Gasteiger charge is -2.32. The molecule has 4 aromatic rings. The van der Waals surface area contributed by atoms with Crippen LogP contribution >= 0.6 is 23.2 Å². The first kappa shape index (κ1) is 38.3. The van der Waals surface area contributed by atoms with Crippen molar-refractivity contribution in [1.82, 2.24) is 19.5 Å². The fourth-order valence-corrected chi connectivity index (χ4v) is 9.38. The van der Waals surface area contributed by atoms with E-state index in [0.717, 1.165) is 16.6 Å². The van der Waals surface area contributed by atoms with Gasteiger partial charge in [0.05, 0.1) is 5.02 Å². The summed E-state index contributed by atoms with van der Waals surface area (Å²) >= 11 is 13.3. The highest BCUT2D eigenvalue weighted by atomic mass is 35.5. The Bertz CT molecular complexity index is 2140. The number of pyridine rings is 1. The van der Waals surface area contributed by atoms with Crippen LogP contribution in [-0.4, -0.2) is 79.1 Å². The first-order valence-electron chi connectivity index (χ1n) is 17.4. The van der Waals surface area contributed by atoms with Crippen molar-refractivity contribution in [1.29, 1.82) is 5.41 Å². The summed E-state index contributed by atoms with van der Waals surface area (Å²) in [5.74, 6) is 0.616. The highest BCUT2D eigenvalue weighted by Gasteiger charge is 2.41. The fraction of sp³-hybridized carbons (Fsp3) is 0.368. The number of sulfonamides is 1. The molecule has 4 N–H and O–H groups in total. The first-order valence-corrected chi connectivity index (χ1v) is 19.6. The van der Waals surface area contributed by atoms with Crippen LogP contribution in [-0.2, 0) is 26.2 Å². The number of aryl methyl sites for hydroxylation is 2. The van der Waals surface area contributed by atoms with Crippen molar-refractivity contribution in [3.8, 4) is 11.5 Å². The summed E-state index contributed by atoms with van der Waals surface area (Å²) < 4.78 is 41.1. The number of amides is 2. The fourth-order valence-electron chi connectivity index (χ4n) is 6.86. The van der Waals surface area contributed by atoms with Gasteiger partial charge in [0.2, 0.25) is 15.9 Å². The Labute approximate surface area is 319 Å². The molecule has 3 aromatic carbocycles. The normalized spacial score (nSPS) is 16.8. The standard InChI is InChI=1S/C38H42Cl2N6O6S/c1-23-19-24(2)44-36-28(23)5-3-7-32(36)52-21-29-30(39)12-13-33(35(29)40)53(49,50)46-16-4-6-31(46)38(48)43-20-25-14-17-45(18-15-25)34(47)22-51-27-10-8-26(9-11-27)37(41)42/h3,5,7-13,19,25,31H,4,6,14-18,20-22H2,1-2H3,(H3,41,42)(H,43,48)/t31-/m0/s1. The summed E-state index contributed by atoms with van der Waals surface area (Å²) in [4.78, 5) is 32.5. The second-order valence-electron chi connectivity index (χ2n) is 13.4. The average molecular weight is 782 g/mol. The molecule has 0 bridgehead atoms. The number of nitrogens with one attached hydrogen (secondary N) is 2. The molecular weight excluding hydrogens is 739 g/mol. The van der Waals surface area contributed by atoms with Crippen LogP contribution in [0, 0.1) is 25.2 Å². The lowest BCUT2D eigenvalue weighted by molar-refractivity contribution is -0.135. The molecule has 1 atom stereocenters. The third-order valence-corrected chi connectivity index (χ3v) is 12.7. The maximum absolute atomic E-state index is 14.1. The molecule has 0 radical (unpaired) electrons. The van der Waals surface area contributed by atoms with Crippen molar-refractivity contribution < 1.29 is 27.5 Å². The molecule has 6 rings (SSSR count). The van der Waals surface area contributed by atoms with Crippen LogP contribution in [0.5, 0.6) is 11.5 Å². The van der Waals surface area contributed by atoms with Crippen LogP contribution in [0.25, 0.3) is 10.9 Å². The Balaban J connectivity index is 1.04. The number of rotatable bonds is 12. The van der Waals surface area contributed by atoms with E-state index in [9.17, 15) is 18.0 Å². The second kappa shape index (κ2) is 16.3. The molecule has 1 aromatic heterocycles. The van der Waals surface area contributed by atoms with Crippen LogP contribution < -0.4 is 20.5 Å². The van der Waals surface area contributed by atoms with Crippen LogP contribution in [0.1, 0.15) is 48.1 Å². The number of nitrogens with zero attached hydrogens (tertiary/aromatic N) is 3. The number of carbonyl (C=O) groups is 2. The summed E-state index contributed by atoms with van der Waals surface area (Å²) in [6.45, 7) is 5.29. The van der Waals surface area contributed by atoms with Crippen LogP contribution in [0.2, 0.25) is 10.0 Å². The number of para-hydroxylation sites is 1. The van der Waals surface area contributed by atoms with Crippen molar-refractivity contribution in [2.45, 2.75) is 57.1 Å². The maximum Gasteiger partial charge on any atom is 0.260 e. The van der Waals surface area contributed by atoms with Crippen LogP contribution in [0.3, 0.4) is 0 Å². The Morgan fingerprint density at radius 3 is 2.45 bits per heavy atom. The topological polar surface area (TPSA) is 168 Å². The monoisotopic (exact) mass is 780 g/mol. The molecule has 2 saturated heterocycles. The molecular formula is C38H42Cl2N6O6S. The van der Waals surface area contributed by atoms with Gasteiger partial charge in [0.25, 0.3) is 5.91 Å². The second-order valence-corrected chi connectivity index (χ2v) is 16.1. The number of fused-ring (bicyclic) bond motifs is 1. The number of benzene rings is 3. The van der Waals surface area contributed by atoms with E-state index in [1.807, 2.05) is 32.0 Å². The highest BCUT2D eigenvalue weighted by Crippen LogP contribution is 2.37. The quantitative estimate of drug-likeness (QED) is 0.123. The van der Waals surface area contributed by atoms with Crippen LogP contribution in [0.15, 0.2) is 65.6 Å². The molecule has 2 amide bonds. The zero-order valence-corrected chi connectivity index (χ0v) is 31.9. The lowest BCUT2D eigenvalue weighted by atomic mass is 9.96. The van der Waals surface area contributed by atoms with Crippen molar-refractivity contribution in [2.24, 2.45) is 11.7 Å². The Morgan fingerprint density at radius 1 is 1.00 bits per heavy atom. The third-order valence-electron chi connectivity index (χ3n) is 9.81. The van der Waals surface area contributed by atoms with Gasteiger partial charge in [0.1, 0.15) is 40.4 Å². The predicted molar refractivity (Wildman–Crippen MR) is 204 cm³/mol. The molecule has 2 aliphatic heterocycles. The number of amidine groups is 1. The number of nitrogen functional groups attached to an aromatic ring is 1. The minimum atomic E-state index is -4.18. The number of halogens is 2. The average Bonchev–Trinajstić information content (AvgIpc) is 3.65. The minimum absolute atomic E-state index is 0.0440. The van der Waals surface area contributed by atoms with Crippen molar-refractivity contribution in [2.75, 3.05) is 32.8 Å². The Hall–Kier alpha value is -4.43. The molecule has 2 aliphatic rings. The lowest BCUT2D eigenvalue weighted by Crippen LogP contribution is -2.48. The minimum Gasteiger partial charge on any atom is -0.487 e. The van der Waals surface area contributed by atoms with Gasteiger partial charge >= 0.3 is 0 Å². The number of hydrogen-bond donors (Lipinski definition) is 3. The molecule has 0 unspecified atom stereocenters. The molecule has 280 valence electrons. The number of nitrogens with two attached hydrogens (primary N) is 1. The molecule has 53 heavy (non-hydrogen) atoms. The van der Waals surface area contributed by atoms with Crippen LogP contribution in [0.4, 0.5) is 0 Å². The van der Waals surface area contributed by atoms with E-state index >= 15 is 0 Å². The number of likely N-dealkylation sites (tertiary alicyclic amines) is 1. The molecule has 2 fully saturated rings. The van der Waals surface area contributed by atoms with E-state index < -0.39 is 16.1 Å². The summed E-state index contributed by atoms with van der Waals surface area (Å²) in [6.07, 6.45) is 2.27. The maximum atomic E-state index is 14.1. The van der Waals surface area contributed by atoms with Gasteiger partial charge in [-0.05, 0) is 99.5 Å². The van der Waals surface area contributed by atoms with Crippen molar-refractivity contribution in [3.63, 3.8) is 0 Å². The van der Waals surface area contributed by atoms with Gasteiger partial charge in [-0.3, -0.25) is 15.0 Å². The molecule has 0 spiro atoms. The number of aromatic nitrogens is 1. The molecule has 12 nitrogen and oxygen atoms in total. The highest BCUT2D eigenvalue weighted by molar-refractivity contribution is 7.89. The van der Waals surface area contributed by atoms with Crippen molar-refractivity contribution in [3.05, 3.63) is 93.1 Å². The van der Waals surface area contributed by atoms with E-state index in [-0.39, 0.29) is 58.3 Å². The largest absolute Gasteiger partial charge is 0.487 e. The molecule has 15 heteroatoms. The van der Waals surface area contributed by atoms with E-state index in [1.165, 1.54) is 16.4 Å². The first-order chi connectivity index (χ1) is 25.3. The third kappa shape index (κ3) is 8.54. The molecule has 3 heterocycles. The predicted octanol–water partition coefficient (Wildman–Crippen LogP) is 5.61. The van der Waals surface area contributed by atoms with Gasteiger partial charge in [-0.15, -0.1) is 0 Å². The summed E-state index contributed by atoms with van der Waals surface area (Å²) in [5, 5.41) is 11.6. The summed E-state index contributed by atoms with van der Waals surface area (Å²) in [7, 11) is -4.18. The van der Waals surface area contributed by atoms with Gasteiger partial charge in [-0.1, -0.05) is 35.3 Å². The van der Waals surface area contributed by atoms with Gasteiger partial charge in [-0.2, -0.15) is 4.31 Å². The van der Waals surface area contributed by atoms with Crippen molar-refractivity contribution >= 4 is 61.8 Å².